The minimum Gasteiger partial charge on any atom is -0.342 e. The first kappa shape index (κ1) is 16.4. The van der Waals surface area contributed by atoms with E-state index in [2.05, 4.69) is 67.1 Å². The number of aromatic nitrogens is 2. The van der Waals surface area contributed by atoms with Crippen LogP contribution in [-0.2, 0) is 11.8 Å². The fourth-order valence-electron chi connectivity index (χ4n) is 4.22. The molecule has 0 bridgehead atoms. The molecule has 0 amide bonds. The maximum absolute atomic E-state index is 4.62. The Bertz CT molecular complexity index is 882. The van der Waals surface area contributed by atoms with Crippen molar-refractivity contribution >= 4 is 10.8 Å². The van der Waals surface area contributed by atoms with Crippen molar-refractivity contribution in [2.24, 2.45) is 5.92 Å². The Morgan fingerprint density at radius 3 is 2.68 bits per heavy atom. The second-order valence-corrected chi connectivity index (χ2v) is 8.10. The van der Waals surface area contributed by atoms with Gasteiger partial charge in [-0.3, -0.25) is 0 Å². The van der Waals surface area contributed by atoms with Crippen LogP contribution >= 0.6 is 0 Å². The Hall–Kier alpha value is -2.09. The van der Waals surface area contributed by atoms with Crippen LogP contribution in [0.2, 0.25) is 0 Å². The van der Waals surface area contributed by atoms with Gasteiger partial charge in [0.15, 0.2) is 0 Å². The van der Waals surface area contributed by atoms with Crippen LogP contribution < -0.4 is 0 Å². The number of nitrogens with one attached hydrogen (secondary N) is 1. The minimum absolute atomic E-state index is 0.311. The molecule has 1 heterocycles. The smallest absolute Gasteiger partial charge is 0.138 e. The number of fused-ring (bicyclic) bond motifs is 1. The number of hydrogen-bond acceptors (Lipinski definition) is 1. The van der Waals surface area contributed by atoms with Crippen LogP contribution in [-0.4, -0.2) is 9.97 Å². The molecule has 0 atom stereocenters. The summed E-state index contributed by atoms with van der Waals surface area (Å²) < 4.78 is 0. The van der Waals surface area contributed by atoms with E-state index in [9.17, 15) is 0 Å². The lowest BCUT2D eigenvalue weighted by Gasteiger charge is -2.37. The summed E-state index contributed by atoms with van der Waals surface area (Å²) in [7, 11) is 0. The molecule has 1 aliphatic carbocycles. The number of hydrogen-bond donors (Lipinski definition) is 1. The number of aromatic amines is 1. The van der Waals surface area contributed by atoms with Gasteiger partial charge in [-0.25, -0.2) is 4.98 Å². The van der Waals surface area contributed by atoms with Gasteiger partial charge in [0.25, 0.3) is 0 Å². The van der Waals surface area contributed by atoms with E-state index >= 15 is 0 Å². The SMILES string of the molecule is CCc1cnc(-c2cccc3ccc(C4(C)CCC(C)CC4)cc23)[nH]1. The lowest BCUT2D eigenvalue weighted by Crippen LogP contribution is -2.27. The highest BCUT2D eigenvalue weighted by atomic mass is 14.9. The van der Waals surface area contributed by atoms with E-state index in [0.717, 1.165) is 18.2 Å². The molecule has 1 fully saturated rings. The Kier molecular flexibility index (Phi) is 4.15. The normalized spacial score (nSPS) is 23.9. The van der Waals surface area contributed by atoms with Crippen molar-refractivity contribution < 1.29 is 0 Å². The third kappa shape index (κ3) is 2.99. The van der Waals surface area contributed by atoms with Gasteiger partial charge in [-0.15, -0.1) is 0 Å². The predicted octanol–water partition coefficient (Wildman–Crippen LogP) is 6.26. The number of rotatable bonds is 3. The molecule has 3 aromatic rings. The summed E-state index contributed by atoms with van der Waals surface area (Å²) in [5, 5.41) is 2.61. The van der Waals surface area contributed by atoms with Crippen molar-refractivity contribution in [1.82, 2.24) is 9.97 Å². The number of aryl methyl sites for hydroxylation is 1. The molecule has 1 aliphatic rings. The maximum Gasteiger partial charge on any atom is 0.138 e. The molecule has 130 valence electrons. The topological polar surface area (TPSA) is 28.7 Å². The number of benzene rings is 2. The molecule has 0 saturated heterocycles. The van der Waals surface area contributed by atoms with Gasteiger partial charge >= 0.3 is 0 Å². The molecule has 2 nitrogen and oxygen atoms in total. The number of nitrogens with zero attached hydrogens (tertiary/aromatic N) is 1. The summed E-state index contributed by atoms with van der Waals surface area (Å²) in [5.74, 6) is 1.86. The van der Waals surface area contributed by atoms with Crippen LogP contribution in [0.4, 0.5) is 0 Å². The first-order valence-electron chi connectivity index (χ1n) is 9.66. The highest BCUT2D eigenvalue weighted by Gasteiger charge is 2.31. The summed E-state index contributed by atoms with van der Waals surface area (Å²) in [6, 6.07) is 13.6. The summed E-state index contributed by atoms with van der Waals surface area (Å²) in [5.41, 5.74) is 4.20. The van der Waals surface area contributed by atoms with E-state index in [4.69, 9.17) is 0 Å². The van der Waals surface area contributed by atoms with Gasteiger partial charge in [-0.2, -0.15) is 0 Å². The summed E-state index contributed by atoms with van der Waals surface area (Å²) >= 11 is 0. The lowest BCUT2D eigenvalue weighted by molar-refractivity contribution is 0.261. The third-order valence-electron chi connectivity index (χ3n) is 6.22. The van der Waals surface area contributed by atoms with E-state index < -0.39 is 0 Å². The quantitative estimate of drug-likeness (QED) is 0.602. The van der Waals surface area contributed by atoms with Crippen molar-refractivity contribution in [3.8, 4) is 11.4 Å². The van der Waals surface area contributed by atoms with E-state index in [-0.39, 0.29) is 0 Å². The minimum atomic E-state index is 0.311. The molecule has 4 rings (SSSR count). The lowest BCUT2D eigenvalue weighted by atomic mass is 9.68. The van der Waals surface area contributed by atoms with Crippen molar-refractivity contribution in [1.29, 1.82) is 0 Å². The van der Waals surface area contributed by atoms with E-state index in [1.54, 1.807) is 0 Å². The van der Waals surface area contributed by atoms with Crippen LogP contribution in [0.15, 0.2) is 42.6 Å². The molecule has 0 unspecified atom stereocenters. The Labute approximate surface area is 150 Å². The molecule has 2 aromatic carbocycles. The highest BCUT2D eigenvalue weighted by Crippen LogP contribution is 2.42. The third-order valence-corrected chi connectivity index (χ3v) is 6.22. The van der Waals surface area contributed by atoms with Crippen molar-refractivity contribution in [2.45, 2.75) is 58.3 Å². The number of H-pyrrole nitrogens is 1. The number of imidazole rings is 1. The molecule has 0 radical (unpaired) electrons. The first-order valence-corrected chi connectivity index (χ1v) is 9.66. The van der Waals surface area contributed by atoms with Crippen molar-refractivity contribution in [2.75, 3.05) is 0 Å². The highest BCUT2D eigenvalue weighted by molar-refractivity contribution is 5.95. The predicted molar refractivity (Wildman–Crippen MR) is 106 cm³/mol. The summed E-state index contributed by atoms with van der Waals surface area (Å²) in [6.07, 6.45) is 8.22. The van der Waals surface area contributed by atoms with E-state index in [1.165, 1.54) is 53.3 Å². The summed E-state index contributed by atoms with van der Waals surface area (Å²) in [6.45, 7) is 6.99. The van der Waals surface area contributed by atoms with E-state index in [0.29, 0.717) is 5.41 Å². The van der Waals surface area contributed by atoms with Gasteiger partial charge in [0.05, 0.1) is 0 Å². The molecule has 1 saturated carbocycles. The van der Waals surface area contributed by atoms with Crippen LogP contribution in [0.25, 0.3) is 22.2 Å². The van der Waals surface area contributed by atoms with Gasteiger partial charge < -0.3 is 4.98 Å². The molecular formula is C23H28N2. The zero-order valence-corrected chi connectivity index (χ0v) is 15.6. The van der Waals surface area contributed by atoms with Gasteiger partial charge in [0.1, 0.15) is 5.82 Å². The Balaban J connectivity index is 1.80. The fraction of sp³-hybridized carbons (Fsp3) is 0.435. The second-order valence-electron chi connectivity index (χ2n) is 8.10. The average molecular weight is 332 g/mol. The van der Waals surface area contributed by atoms with Crippen molar-refractivity contribution in [3.05, 3.63) is 53.9 Å². The molecule has 1 N–H and O–H groups in total. The monoisotopic (exact) mass is 332 g/mol. The van der Waals surface area contributed by atoms with Crippen LogP contribution in [0.5, 0.6) is 0 Å². The standard InChI is InChI=1S/C23H28N2/c1-4-19-15-24-22(25-19)20-7-5-6-17-8-9-18(14-21(17)20)23(3)12-10-16(2)11-13-23/h5-9,14-16H,4,10-13H2,1-3H3,(H,24,25). The van der Waals surface area contributed by atoms with Gasteiger partial charge in [0.2, 0.25) is 0 Å². The van der Waals surface area contributed by atoms with Crippen molar-refractivity contribution in [3.63, 3.8) is 0 Å². The zero-order valence-electron chi connectivity index (χ0n) is 15.6. The summed E-state index contributed by atoms with van der Waals surface area (Å²) in [4.78, 5) is 8.10. The fourth-order valence-corrected chi connectivity index (χ4v) is 4.22. The van der Waals surface area contributed by atoms with Gasteiger partial charge in [0, 0.05) is 17.5 Å². The molecular weight excluding hydrogens is 304 g/mol. The van der Waals surface area contributed by atoms with Crippen LogP contribution in [0.3, 0.4) is 0 Å². The maximum atomic E-state index is 4.62. The zero-order chi connectivity index (χ0) is 17.4. The van der Waals surface area contributed by atoms with Crippen LogP contribution in [0.1, 0.15) is 57.7 Å². The van der Waals surface area contributed by atoms with E-state index in [1.807, 2.05) is 6.20 Å². The first-order chi connectivity index (χ1) is 12.1. The van der Waals surface area contributed by atoms with Crippen LogP contribution in [0, 0.1) is 5.92 Å². The molecule has 1 aromatic heterocycles. The molecule has 2 heteroatoms. The Morgan fingerprint density at radius 1 is 1.16 bits per heavy atom. The van der Waals surface area contributed by atoms with Gasteiger partial charge in [-0.1, -0.05) is 51.1 Å². The molecule has 25 heavy (non-hydrogen) atoms. The van der Waals surface area contributed by atoms with Gasteiger partial charge in [-0.05, 0) is 65.8 Å². The molecule has 0 aliphatic heterocycles. The Morgan fingerprint density at radius 2 is 1.96 bits per heavy atom. The molecule has 0 spiro atoms. The average Bonchev–Trinajstić information content (AvgIpc) is 3.12. The second kappa shape index (κ2) is 6.33. The largest absolute Gasteiger partial charge is 0.342 e.